The first-order valence-electron chi connectivity index (χ1n) is 3.53. The Hall–Kier alpha value is -0.670. The normalized spacial score (nSPS) is 10.0. The summed E-state index contributed by atoms with van der Waals surface area (Å²) in [5, 5.41) is 1.93. The first kappa shape index (κ1) is 8.43. The van der Waals surface area contributed by atoms with Gasteiger partial charge in [-0.15, -0.1) is 11.3 Å². The van der Waals surface area contributed by atoms with Crippen LogP contribution in [0.4, 0.5) is 0 Å². The van der Waals surface area contributed by atoms with Gasteiger partial charge in [0.15, 0.2) is 5.78 Å². The number of nitrogens with two attached hydrogens (primary N) is 1. The molecule has 1 aromatic rings. The van der Waals surface area contributed by atoms with Crippen LogP contribution in [-0.4, -0.2) is 12.3 Å². The zero-order chi connectivity index (χ0) is 8.27. The molecule has 3 heteroatoms. The van der Waals surface area contributed by atoms with E-state index >= 15 is 0 Å². The number of aryl methyl sites for hydroxylation is 1. The number of Topliss-reactive ketones (excluding diaryl/α,β-unsaturated/α-hetero) is 1. The highest BCUT2D eigenvalue weighted by Gasteiger charge is 2.07. The fourth-order valence-corrected chi connectivity index (χ4v) is 1.66. The number of hydrogen-bond acceptors (Lipinski definition) is 3. The number of hydrogen-bond donors (Lipinski definition) is 1. The van der Waals surface area contributed by atoms with Gasteiger partial charge in [-0.05, 0) is 24.9 Å². The lowest BCUT2D eigenvalue weighted by Gasteiger charge is -1.95. The van der Waals surface area contributed by atoms with Gasteiger partial charge in [-0.25, -0.2) is 0 Å². The maximum absolute atomic E-state index is 11.3. The lowest BCUT2D eigenvalue weighted by molar-refractivity contribution is 0.0985. The predicted molar refractivity (Wildman–Crippen MR) is 47.1 cm³/mol. The van der Waals surface area contributed by atoms with Gasteiger partial charge in [-0.1, -0.05) is 0 Å². The number of carbonyl (C=O) groups is 1. The second-order valence-corrected chi connectivity index (χ2v) is 3.47. The van der Waals surface area contributed by atoms with Crippen molar-refractivity contribution in [3.8, 4) is 0 Å². The SMILES string of the molecule is Cc1sccc1C(=O)CCN. The van der Waals surface area contributed by atoms with Crippen LogP contribution in [0.5, 0.6) is 0 Å². The van der Waals surface area contributed by atoms with Crippen LogP contribution in [0.25, 0.3) is 0 Å². The van der Waals surface area contributed by atoms with E-state index in [1.165, 1.54) is 0 Å². The Balaban J connectivity index is 2.76. The van der Waals surface area contributed by atoms with Gasteiger partial charge in [0, 0.05) is 16.9 Å². The maximum Gasteiger partial charge on any atom is 0.165 e. The Morgan fingerprint density at radius 3 is 2.91 bits per heavy atom. The Labute approximate surface area is 70.0 Å². The molecule has 0 spiro atoms. The molecule has 60 valence electrons. The van der Waals surface area contributed by atoms with E-state index in [4.69, 9.17) is 5.73 Å². The third-order valence-electron chi connectivity index (χ3n) is 1.53. The van der Waals surface area contributed by atoms with Crippen molar-refractivity contribution in [1.29, 1.82) is 0 Å². The zero-order valence-corrected chi connectivity index (χ0v) is 7.28. The first-order chi connectivity index (χ1) is 5.25. The molecular weight excluding hydrogens is 158 g/mol. The van der Waals surface area contributed by atoms with Crippen molar-refractivity contribution in [3.05, 3.63) is 21.9 Å². The Kier molecular flexibility index (Phi) is 2.79. The summed E-state index contributed by atoms with van der Waals surface area (Å²) in [7, 11) is 0. The highest BCUT2D eigenvalue weighted by atomic mass is 32.1. The summed E-state index contributed by atoms with van der Waals surface area (Å²) in [6.07, 6.45) is 0.456. The van der Waals surface area contributed by atoms with Crippen molar-refractivity contribution < 1.29 is 4.79 Å². The minimum atomic E-state index is 0.159. The van der Waals surface area contributed by atoms with E-state index in [0.29, 0.717) is 13.0 Å². The third kappa shape index (κ3) is 1.88. The molecule has 2 N–H and O–H groups in total. The Morgan fingerprint density at radius 1 is 1.73 bits per heavy atom. The summed E-state index contributed by atoms with van der Waals surface area (Å²) in [6.45, 7) is 2.39. The molecule has 1 rings (SSSR count). The van der Waals surface area contributed by atoms with Gasteiger partial charge in [0.1, 0.15) is 0 Å². The molecule has 0 fully saturated rings. The second kappa shape index (κ2) is 3.64. The highest BCUT2D eigenvalue weighted by molar-refractivity contribution is 7.10. The van der Waals surface area contributed by atoms with E-state index < -0.39 is 0 Å². The first-order valence-corrected chi connectivity index (χ1v) is 4.41. The van der Waals surface area contributed by atoms with Crippen LogP contribution in [0.3, 0.4) is 0 Å². The van der Waals surface area contributed by atoms with Crippen molar-refractivity contribution in [2.24, 2.45) is 5.73 Å². The highest BCUT2D eigenvalue weighted by Crippen LogP contribution is 2.16. The molecule has 0 amide bonds. The summed E-state index contributed by atoms with van der Waals surface area (Å²) in [4.78, 5) is 12.3. The zero-order valence-electron chi connectivity index (χ0n) is 6.46. The van der Waals surface area contributed by atoms with Gasteiger partial charge in [-0.3, -0.25) is 4.79 Å². The molecule has 0 saturated carbocycles. The molecule has 2 nitrogen and oxygen atoms in total. The Bertz CT molecular complexity index is 254. The average Bonchev–Trinajstić information content (AvgIpc) is 2.36. The quantitative estimate of drug-likeness (QED) is 0.698. The van der Waals surface area contributed by atoms with Gasteiger partial charge in [0.25, 0.3) is 0 Å². The maximum atomic E-state index is 11.3. The van der Waals surface area contributed by atoms with Gasteiger partial charge in [0.05, 0.1) is 0 Å². The van der Waals surface area contributed by atoms with Crippen molar-refractivity contribution >= 4 is 17.1 Å². The molecule has 0 saturated heterocycles. The molecular formula is C8H11NOS. The summed E-state index contributed by atoms with van der Waals surface area (Å²) in [6, 6.07) is 1.86. The minimum Gasteiger partial charge on any atom is -0.330 e. The van der Waals surface area contributed by atoms with E-state index in [9.17, 15) is 4.79 Å². The molecule has 11 heavy (non-hydrogen) atoms. The minimum absolute atomic E-state index is 0.159. The van der Waals surface area contributed by atoms with E-state index in [0.717, 1.165) is 10.4 Å². The van der Waals surface area contributed by atoms with Crippen LogP contribution < -0.4 is 5.73 Å². The largest absolute Gasteiger partial charge is 0.330 e. The van der Waals surface area contributed by atoms with E-state index in [1.807, 2.05) is 18.4 Å². The monoisotopic (exact) mass is 169 g/mol. The smallest absolute Gasteiger partial charge is 0.165 e. The fourth-order valence-electron chi connectivity index (χ4n) is 0.940. The molecule has 1 aromatic heterocycles. The second-order valence-electron chi connectivity index (χ2n) is 2.35. The third-order valence-corrected chi connectivity index (χ3v) is 2.38. The van der Waals surface area contributed by atoms with E-state index in [1.54, 1.807) is 11.3 Å². The van der Waals surface area contributed by atoms with E-state index in [2.05, 4.69) is 0 Å². The van der Waals surface area contributed by atoms with Crippen LogP contribution >= 0.6 is 11.3 Å². The van der Waals surface area contributed by atoms with Crippen LogP contribution in [-0.2, 0) is 0 Å². The van der Waals surface area contributed by atoms with Crippen LogP contribution in [0, 0.1) is 6.92 Å². The predicted octanol–water partition coefficient (Wildman–Crippen LogP) is 1.59. The lowest BCUT2D eigenvalue weighted by Crippen LogP contribution is -2.07. The summed E-state index contributed by atoms with van der Waals surface area (Å²) >= 11 is 1.60. The summed E-state index contributed by atoms with van der Waals surface area (Å²) in [5.74, 6) is 0.159. The van der Waals surface area contributed by atoms with E-state index in [-0.39, 0.29) is 5.78 Å². The van der Waals surface area contributed by atoms with Gasteiger partial charge in [-0.2, -0.15) is 0 Å². The molecule has 0 aromatic carbocycles. The van der Waals surface area contributed by atoms with Crippen LogP contribution in [0.2, 0.25) is 0 Å². The topological polar surface area (TPSA) is 43.1 Å². The van der Waals surface area contributed by atoms with Crippen molar-refractivity contribution in [1.82, 2.24) is 0 Å². The molecule has 0 aliphatic heterocycles. The molecule has 0 radical (unpaired) electrons. The molecule has 0 aliphatic rings. The summed E-state index contributed by atoms with van der Waals surface area (Å²) in [5.41, 5.74) is 6.10. The number of ketones is 1. The van der Waals surface area contributed by atoms with Crippen molar-refractivity contribution in [2.75, 3.05) is 6.54 Å². The van der Waals surface area contributed by atoms with Crippen molar-refractivity contribution in [2.45, 2.75) is 13.3 Å². The molecule has 1 heterocycles. The lowest BCUT2D eigenvalue weighted by atomic mass is 10.1. The van der Waals surface area contributed by atoms with Crippen LogP contribution in [0.15, 0.2) is 11.4 Å². The van der Waals surface area contributed by atoms with Gasteiger partial charge < -0.3 is 5.73 Å². The molecule has 0 unspecified atom stereocenters. The average molecular weight is 169 g/mol. The molecule has 0 bridgehead atoms. The number of carbonyl (C=O) groups excluding carboxylic acids is 1. The molecule has 0 atom stereocenters. The number of rotatable bonds is 3. The van der Waals surface area contributed by atoms with Gasteiger partial charge >= 0.3 is 0 Å². The summed E-state index contributed by atoms with van der Waals surface area (Å²) < 4.78 is 0. The Morgan fingerprint density at radius 2 is 2.45 bits per heavy atom. The van der Waals surface area contributed by atoms with Gasteiger partial charge in [0.2, 0.25) is 0 Å². The van der Waals surface area contributed by atoms with Crippen LogP contribution in [0.1, 0.15) is 21.7 Å². The standard InChI is InChI=1S/C8H11NOS/c1-6-7(3-5-11-6)8(10)2-4-9/h3,5H,2,4,9H2,1H3. The fraction of sp³-hybridized carbons (Fsp3) is 0.375. The van der Waals surface area contributed by atoms with Crippen molar-refractivity contribution in [3.63, 3.8) is 0 Å². The molecule has 0 aliphatic carbocycles. The number of thiophene rings is 1.